The van der Waals surface area contributed by atoms with Crippen molar-refractivity contribution in [1.29, 1.82) is 0 Å². The second-order valence-corrected chi connectivity index (χ2v) is 3.47. The first-order chi connectivity index (χ1) is 7.45. The molecule has 0 radical (unpaired) electrons. The molecule has 1 aliphatic carbocycles. The minimum atomic E-state index is 1.08. The van der Waals surface area contributed by atoms with Crippen molar-refractivity contribution in [3.05, 3.63) is 53.6 Å². The Hall–Kier alpha value is -1.56. The second kappa shape index (κ2) is 4.31. The fourth-order valence-electron chi connectivity index (χ4n) is 2.07. The van der Waals surface area contributed by atoms with Gasteiger partial charge in [-0.1, -0.05) is 62.4 Å². The molecule has 0 heteroatoms. The van der Waals surface area contributed by atoms with Crippen LogP contribution in [0.5, 0.6) is 0 Å². The fraction of sp³-hybridized carbons (Fsp3) is 0.200. The highest BCUT2D eigenvalue weighted by atomic mass is 14.1. The molecule has 0 atom stereocenters. The lowest BCUT2D eigenvalue weighted by atomic mass is 9.93. The van der Waals surface area contributed by atoms with Crippen LogP contribution in [0, 0.1) is 0 Å². The third-order valence-electron chi connectivity index (χ3n) is 2.66. The van der Waals surface area contributed by atoms with E-state index in [2.05, 4.69) is 48.6 Å². The number of allylic oxidation sites excluding steroid dienone is 1. The smallest absolute Gasteiger partial charge is 0.00763 e. The summed E-state index contributed by atoms with van der Waals surface area (Å²) in [5.74, 6) is 0. The van der Waals surface area contributed by atoms with Crippen molar-refractivity contribution in [3.8, 4) is 0 Å². The summed E-state index contributed by atoms with van der Waals surface area (Å²) in [5.41, 5.74) is 2.81. The van der Waals surface area contributed by atoms with Crippen LogP contribution >= 0.6 is 0 Å². The normalized spacial score (nSPS) is 12.1. The van der Waals surface area contributed by atoms with Gasteiger partial charge in [-0.2, -0.15) is 0 Å². The number of hydrogen-bond donors (Lipinski definition) is 0. The molecule has 0 spiro atoms. The zero-order valence-corrected chi connectivity index (χ0v) is 9.33. The highest BCUT2D eigenvalue weighted by molar-refractivity contribution is 5.94. The molecule has 0 bridgehead atoms. The predicted molar refractivity (Wildman–Crippen MR) is 68.0 cm³/mol. The van der Waals surface area contributed by atoms with E-state index >= 15 is 0 Å². The molecular formula is C15H16. The highest BCUT2D eigenvalue weighted by Gasteiger charge is 2.06. The first-order valence-electron chi connectivity index (χ1n) is 5.62. The standard InChI is InChI=1S/C13H10.C2H6/c1-4-10-6-2-8-12-9-3-7-11(5-1)13(10)12;1-2/h1-8H,9H2;1-2H3. The first-order valence-corrected chi connectivity index (χ1v) is 5.62. The van der Waals surface area contributed by atoms with Gasteiger partial charge in [-0.15, -0.1) is 0 Å². The van der Waals surface area contributed by atoms with Crippen LogP contribution in [0.15, 0.2) is 42.5 Å². The summed E-state index contributed by atoms with van der Waals surface area (Å²) in [5, 5.41) is 2.80. The molecule has 76 valence electrons. The molecule has 0 unspecified atom stereocenters. The van der Waals surface area contributed by atoms with Crippen molar-refractivity contribution in [1.82, 2.24) is 0 Å². The van der Waals surface area contributed by atoms with Crippen LogP contribution in [0.1, 0.15) is 25.0 Å². The Morgan fingerprint density at radius 1 is 0.933 bits per heavy atom. The number of hydrogen-bond acceptors (Lipinski definition) is 0. The number of benzene rings is 2. The molecular weight excluding hydrogens is 180 g/mol. The van der Waals surface area contributed by atoms with Crippen molar-refractivity contribution in [2.45, 2.75) is 20.3 Å². The highest BCUT2D eigenvalue weighted by Crippen LogP contribution is 2.27. The van der Waals surface area contributed by atoms with E-state index in [1.165, 1.54) is 21.9 Å². The van der Waals surface area contributed by atoms with Crippen molar-refractivity contribution < 1.29 is 0 Å². The maximum Gasteiger partial charge on any atom is -0.00763 e. The summed E-state index contributed by atoms with van der Waals surface area (Å²) in [6.07, 6.45) is 5.53. The molecule has 15 heavy (non-hydrogen) atoms. The Kier molecular flexibility index (Phi) is 2.86. The van der Waals surface area contributed by atoms with Crippen LogP contribution in [-0.2, 0) is 6.42 Å². The second-order valence-electron chi connectivity index (χ2n) is 3.47. The Morgan fingerprint density at radius 3 is 2.47 bits per heavy atom. The molecule has 0 saturated heterocycles. The first kappa shape index (κ1) is 9.97. The van der Waals surface area contributed by atoms with Crippen LogP contribution in [0.4, 0.5) is 0 Å². The molecule has 3 rings (SSSR count). The molecule has 0 amide bonds. The lowest BCUT2D eigenvalue weighted by Gasteiger charge is -2.11. The van der Waals surface area contributed by atoms with Gasteiger partial charge >= 0.3 is 0 Å². The van der Waals surface area contributed by atoms with E-state index in [0.717, 1.165) is 6.42 Å². The Bertz CT molecular complexity index is 487. The van der Waals surface area contributed by atoms with E-state index in [1.807, 2.05) is 13.8 Å². The van der Waals surface area contributed by atoms with Gasteiger partial charge in [0.05, 0.1) is 0 Å². The Labute approximate surface area is 91.2 Å². The van der Waals surface area contributed by atoms with Gasteiger partial charge < -0.3 is 0 Å². The van der Waals surface area contributed by atoms with E-state index in [-0.39, 0.29) is 0 Å². The van der Waals surface area contributed by atoms with E-state index in [0.29, 0.717) is 0 Å². The number of rotatable bonds is 0. The monoisotopic (exact) mass is 196 g/mol. The predicted octanol–water partition coefficient (Wildman–Crippen LogP) is 4.44. The fourth-order valence-corrected chi connectivity index (χ4v) is 2.07. The van der Waals surface area contributed by atoms with Crippen molar-refractivity contribution in [2.75, 3.05) is 0 Å². The summed E-state index contributed by atoms with van der Waals surface area (Å²) in [7, 11) is 0. The largest absolute Gasteiger partial charge is 0.0795 e. The molecule has 0 N–H and O–H groups in total. The average molecular weight is 196 g/mol. The molecule has 0 heterocycles. The van der Waals surface area contributed by atoms with Gasteiger partial charge in [0.15, 0.2) is 0 Å². The van der Waals surface area contributed by atoms with Gasteiger partial charge in [0.25, 0.3) is 0 Å². The summed E-state index contributed by atoms with van der Waals surface area (Å²) in [4.78, 5) is 0. The molecule has 2 aromatic carbocycles. The lowest BCUT2D eigenvalue weighted by molar-refractivity contribution is 1.29. The summed E-state index contributed by atoms with van der Waals surface area (Å²) >= 11 is 0. The Morgan fingerprint density at radius 2 is 1.67 bits per heavy atom. The SMILES string of the molecule is C1=Cc2cccc3cccc(c23)C1.CC. The van der Waals surface area contributed by atoms with E-state index < -0.39 is 0 Å². The van der Waals surface area contributed by atoms with Gasteiger partial charge in [0.2, 0.25) is 0 Å². The third-order valence-corrected chi connectivity index (χ3v) is 2.66. The van der Waals surface area contributed by atoms with Crippen LogP contribution in [0.3, 0.4) is 0 Å². The zero-order chi connectivity index (χ0) is 10.7. The van der Waals surface area contributed by atoms with Crippen LogP contribution in [-0.4, -0.2) is 0 Å². The quantitative estimate of drug-likeness (QED) is 0.584. The summed E-state index contributed by atoms with van der Waals surface area (Å²) in [6.45, 7) is 4.00. The third kappa shape index (κ3) is 1.68. The van der Waals surface area contributed by atoms with Gasteiger partial charge in [0, 0.05) is 0 Å². The molecule has 0 nitrogen and oxygen atoms in total. The maximum absolute atomic E-state index is 2.23. The minimum Gasteiger partial charge on any atom is -0.0795 e. The van der Waals surface area contributed by atoms with Crippen LogP contribution in [0.2, 0.25) is 0 Å². The topological polar surface area (TPSA) is 0 Å². The summed E-state index contributed by atoms with van der Waals surface area (Å²) in [6, 6.07) is 13.0. The van der Waals surface area contributed by atoms with Crippen molar-refractivity contribution in [3.63, 3.8) is 0 Å². The van der Waals surface area contributed by atoms with Crippen molar-refractivity contribution in [2.24, 2.45) is 0 Å². The molecule has 0 saturated carbocycles. The van der Waals surface area contributed by atoms with Crippen molar-refractivity contribution >= 4 is 16.8 Å². The molecule has 0 aliphatic heterocycles. The molecule has 0 fully saturated rings. The van der Waals surface area contributed by atoms with Gasteiger partial charge in [-0.25, -0.2) is 0 Å². The van der Waals surface area contributed by atoms with Gasteiger partial charge in [0.1, 0.15) is 0 Å². The summed E-state index contributed by atoms with van der Waals surface area (Å²) < 4.78 is 0. The van der Waals surface area contributed by atoms with Crippen LogP contribution in [0.25, 0.3) is 16.8 Å². The average Bonchev–Trinajstić information content (AvgIpc) is 2.33. The molecule has 0 aromatic heterocycles. The molecule has 1 aliphatic rings. The van der Waals surface area contributed by atoms with E-state index in [1.54, 1.807) is 0 Å². The van der Waals surface area contributed by atoms with Gasteiger partial charge in [-0.05, 0) is 28.3 Å². The minimum absolute atomic E-state index is 1.08. The maximum atomic E-state index is 2.23. The Balaban J connectivity index is 0.000000404. The van der Waals surface area contributed by atoms with E-state index in [9.17, 15) is 0 Å². The molecule has 2 aromatic rings. The van der Waals surface area contributed by atoms with Gasteiger partial charge in [-0.3, -0.25) is 0 Å². The van der Waals surface area contributed by atoms with Crippen LogP contribution < -0.4 is 0 Å². The zero-order valence-electron chi connectivity index (χ0n) is 9.33. The lowest BCUT2D eigenvalue weighted by Crippen LogP contribution is -1.91. The van der Waals surface area contributed by atoms with E-state index in [4.69, 9.17) is 0 Å².